The smallest absolute Gasteiger partial charge is 0.191 e. The van der Waals surface area contributed by atoms with Crippen molar-refractivity contribution in [2.45, 2.75) is 6.42 Å². The minimum Gasteiger partial charge on any atom is -0.491 e. The van der Waals surface area contributed by atoms with Gasteiger partial charge in [0.1, 0.15) is 12.4 Å². The van der Waals surface area contributed by atoms with E-state index in [0.29, 0.717) is 33.0 Å². The number of ether oxygens (including phenoxy) is 3. The summed E-state index contributed by atoms with van der Waals surface area (Å²) in [5.74, 6) is 1.64. The van der Waals surface area contributed by atoms with Gasteiger partial charge in [0.25, 0.3) is 0 Å². The molecule has 2 aromatic carbocycles. The second kappa shape index (κ2) is 16.0. The van der Waals surface area contributed by atoms with Crippen molar-refractivity contribution >= 4 is 29.9 Å². The van der Waals surface area contributed by atoms with Crippen molar-refractivity contribution in [1.29, 1.82) is 0 Å². The minimum absolute atomic E-state index is 0. The highest BCUT2D eigenvalue weighted by Gasteiger charge is 2.05. The molecule has 160 valence electrons. The number of guanidine groups is 1. The Bertz CT molecular complexity index is 699. The summed E-state index contributed by atoms with van der Waals surface area (Å²) in [6.45, 7) is 3.96. The summed E-state index contributed by atoms with van der Waals surface area (Å²) in [6, 6.07) is 18.4. The summed E-state index contributed by atoms with van der Waals surface area (Å²) in [6.07, 6.45) is 0.908. The van der Waals surface area contributed by atoms with Gasteiger partial charge in [-0.1, -0.05) is 48.5 Å². The van der Waals surface area contributed by atoms with Crippen LogP contribution in [-0.4, -0.2) is 59.6 Å². The second-order valence-corrected chi connectivity index (χ2v) is 6.10. The van der Waals surface area contributed by atoms with Gasteiger partial charge in [-0.25, -0.2) is 0 Å². The van der Waals surface area contributed by atoms with Gasteiger partial charge < -0.3 is 24.8 Å². The molecule has 0 unspecified atom stereocenters. The molecule has 0 aliphatic heterocycles. The molecule has 6 nitrogen and oxygen atoms in total. The maximum absolute atomic E-state index is 5.99. The first-order valence-corrected chi connectivity index (χ1v) is 9.63. The van der Waals surface area contributed by atoms with E-state index in [9.17, 15) is 0 Å². The lowest BCUT2D eigenvalue weighted by atomic mass is 10.1. The van der Waals surface area contributed by atoms with Crippen molar-refractivity contribution in [3.63, 3.8) is 0 Å². The van der Waals surface area contributed by atoms with E-state index in [1.165, 1.54) is 0 Å². The number of hydrogen-bond donors (Lipinski definition) is 2. The Morgan fingerprint density at radius 3 is 2.34 bits per heavy atom. The van der Waals surface area contributed by atoms with Gasteiger partial charge in [-0.3, -0.25) is 4.99 Å². The largest absolute Gasteiger partial charge is 0.491 e. The van der Waals surface area contributed by atoms with Crippen molar-refractivity contribution in [3.8, 4) is 16.9 Å². The highest BCUT2D eigenvalue weighted by Crippen LogP contribution is 2.29. The molecule has 0 aromatic heterocycles. The van der Waals surface area contributed by atoms with E-state index in [0.717, 1.165) is 35.8 Å². The molecule has 2 rings (SSSR count). The van der Waals surface area contributed by atoms with Crippen molar-refractivity contribution in [1.82, 2.24) is 10.6 Å². The molecule has 0 bridgehead atoms. The van der Waals surface area contributed by atoms with Crippen molar-refractivity contribution in [2.24, 2.45) is 4.99 Å². The van der Waals surface area contributed by atoms with Crippen molar-refractivity contribution < 1.29 is 14.2 Å². The molecule has 0 radical (unpaired) electrons. The zero-order chi connectivity index (χ0) is 19.9. The normalized spacial score (nSPS) is 10.9. The summed E-state index contributed by atoms with van der Waals surface area (Å²) in [5.41, 5.74) is 2.25. The van der Waals surface area contributed by atoms with Crippen LogP contribution in [0.2, 0.25) is 0 Å². The molecular formula is C22H32IN3O3. The third kappa shape index (κ3) is 9.96. The van der Waals surface area contributed by atoms with E-state index >= 15 is 0 Å². The van der Waals surface area contributed by atoms with Crippen LogP contribution in [0.5, 0.6) is 5.75 Å². The summed E-state index contributed by atoms with van der Waals surface area (Å²) in [7, 11) is 3.43. The lowest BCUT2D eigenvalue weighted by Crippen LogP contribution is -2.39. The van der Waals surface area contributed by atoms with Crippen molar-refractivity contribution in [2.75, 3.05) is 53.7 Å². The average molecular weight is 513 g/mol. The molecule has 0 spiro atoms. The maximum Gasteiger partial charge on any atom is 0.191 e. The van der Waals surface area contributed by atoms with Gasteiger partial charge in [-0.2, -0.15) is 0 Å². The molecule has 0 amide bonds. The molecule has 0 saturated heterocycles. The third-order valence-corrected chi connectivity index (χ3v) is 4.04. The molecule has 0 aliphatic rings. The van der Waals surface area contributed by atoms with E-state index in [2.05, 4.69) is 33.8 Å². The van der Waals surface area contributed by atoms with E-state index < -0.39 is 0 Å². The zero-order valence-corrected chi connectivity index (χ0v) is 19.6. The Morgan fingerprint density at radius 1 is 0.862 bits per heavy atom. The van der Waals surface area contributed by atoms with E-state index in [4.69, 9.17) is 14.2 Å². The van der Waals surface area contributed by atoms with Gasteiger partial charge in [0, 0.05) is 32.9 Å². The topological polar surface area (TPSA) is 64.1 Å². The first-order valence-electron chi connectivity index (χ1n) is 9.63. The standard InChI is InChI=1S/C22H31N3O3.HI/c1-23-22(24-13-8-15-27-18-17-26-2)25-14-16-28-21-12-7-6-11-20(21)19-9-4-3-5-10-19;/h3-7,9-12H,8,13-18H2,1-2H3,(H2,23,24,25);1H. The van der Waals surface area contributed by atoms with E-state index in [-0.39, 0.29) is 24.0 Å². The van der Waals surface area contributed by atoms with Crippen LogP contribution in [-0.2, 0) is 9.47 Å². The van der Waals surface area contributed by atoms with Gasteiger partial charge in [0.2, 0.25) is 0 Å². The average Bonchev–Trinajstić information content (AvgIpc) is 2.75. The lowest BCUT2D eigenvalue weighted by molar-refractivity contribution is 0.0698. The Balaban J connectivity index is 0.00000420. The molecule has 2 aromatic rings. The van der Waals surface area contributed by atoms with Gasteiger partial charge in [-0.05, 0) is 18.1 Å². The highest BCUT2D eigenvalue weighted by molar-refractivity contribution is 14.0. The molecule has 0 aliphatic carbocycles. The number of aliphatic imine (C=N–C) groups is 1. The number of hydrogen-bond acceptors (Lipinski definition) is 4. The van der Waals surface area contributed by atoms with Crippen LogP contribution >= 0.6 is 24.0 Å². The van der Waals surface area contributed by atoms with Crippen molar-refractivity contribution in [3.05, 3.63) is 54.6 Å². The molecule has 2 N–H and O–H groups in total. The monoisotopic (exact) mass is 513 g/mol. The number of nitrogens with one attached hydrogen (secondary N) is 2. The molecule has 0 atom stereocenters. The van der Waals surface area contributed by atoms with E-state index in [1.54, 1.807) is 14.2 Å². The predicted octanol–water partition coefficient (Wildman–Crippen LogP) is 3.57. The number of benzene rings is 2. The Morgan fingerprint density at radius 2 is 1.59 bits per heavy atom. The molecule has 0 heterocycles. The molecule has 0 fully saturated rings. The Labute approximate surface area is 191 Å². The highest BCUT2D eigenvalue weighted by atomic mass is 127. The number of para-hydroxylation sites is 1. The number of methoxy groups -OCH3 is 1. The first-order chi connectivity index (χ1) is 13.8. The SMILES string of the molecule is CN=C(NCCCOCCOC)NCCOc1ccccc1-c1ccccc1.I. The molecule has 0 saturated carbocycles. The number of nitrogens with zero attached hydrogens (tertiary/aromatic N) is 1. The van der Waals surface area contributed by atoms with Gasteiger partial charge in [0.05, 0.1) is 19.8 Å². The third-order valence-electron chi connectivity index (χ3n) is 4.04. The summed E-state index contributed by atoms with van der Waals surface area (Å²) in [5, 5.41) is 6.53. The Kier molecular flexibility index (Phi) is 13.9. The fourth-order valence-corrected chi connectivity index (χ4v) is 2.63. The first kappa shape index (κ1) is 25.2. The van der Waals surface area contributed by atoms with Gasteiger partial charge in [0.15, 0.2) is 5.96 Å². The predicted molar refractivity (Wildman–Crippen MR) is 129 cm³/mol. The van der Waals surface area contributed by atoms with Gasteiger partial charge in [-0.15, -0.1) is 24.0 Å². The minimum atomic E-state index is 0. The Hall–Kier alpha value is -1.84. The number of rotatable bonds is 12. The quantitative estimate of drug-likeness (QED) is 0.197. The van der Waals surface area contributed by atoms with Crippen LogP contribution in [0.3, 0.4) is 0 Å². The molecule has 7 heteroatoms. The van der Waals surface area contributed by atoms with Crippen LogP contribution in [0.1, 0.15) is 6.42 Å². The lowest BCUT2D eigenvalue weighted by Gasteiger charge is -2.14. The van der Waals surface area contributed by atoms with Crippen LogP contribution < -0.4 is 15.4 Å². The maximum atomic E-state index is 5.99. The van der Waals surface area contributed by atoms with E-state index in [1.807, 2.05) is 36.4 Å². The van der Waals surface area contributed by atoms with Crippen LogP contribution in [0.15, 0.2) is 59.6 Å². The number of halogens is 1. The van der Waals surface area contributed by atoms with Crippen LogP contribution in [0.25, 0.3) is 11.1 Å². The molecular weight excluding hydrogens is 481 g/mol. The molecule has 29 heavy (non-hydrogen) atoms. The zero-order valence-electron chi connectivity index (χ0n) is 17.2. The fraction of sp³-hybridized carbons (Fsp3) is 0.409. The summed E-state index contributed by atoms with van der Waals surface area (Å²) in [4.78, 5) is 4.22. The second-order valence-electron chi connectivity index (χ2n) is 6.10. The van der Waals surface area contributed by atoms with Gasteiger partial charge >= 0.3 is 0 Å². The summed E-state index contributed by atoms with van der Waals surface area (Å²) >= 11 is 0. The van der Waals surface area contributed by atoms with Crippen LogP contribution in [0, 0.1) is 0 Å². The fourth-order valence-electron chi connectivity index (χ4n) is 2.63. The summed E-state index contributed by atoms with van der Waals surface area (Å²) < 4.78 is 16.4. The van der Waals surface area contributed by atoms with Crippen LogP contribution in [0.4, 0.5) is 0 Å².